The normalized spacial score (nSPS) is 16.9. The van der Waals surface area contributed by atoms with Crippen molar-refractivity contribution in [2.75, 3.05) is 13.7 Å². The van der Waals surface area contributed by atoms with Crippen LogP contribution in [0.5, 0.6) is 5.75 Å². The number of hydrogen-bond donors (Lipinski definition) is 1. The first-order chi connectivity index (χ1) is 12.3. The fourth-order valence-electron chi connectivity index (χ4n) is 3.33. The topological polar surface area (TPSA) is 97.0 Å². The van der Waals surface area contributed by atoms with Crippen molar-refractivity contribution in [2.24, 2.45) is 0 Å². The second kappa shape index (κ2) is 6.99. The number of carbonyl (C=O) groups excluding carboxylic acids is 1. The molecule has 0 radical (unpaired) electrons. The number of aryl methyl sites for hydroxylation is 1. The third kappa shape index (κ3) is 3.14. The summed E-state index contributed by atoms with van der Waals surface area (Å²) >= 11 is 6.15. The molecule has 1 unspecified atom stereocenters. The number of methoxy groups -OCH3 is 1. The summed E-state index contributed by atoms with van der Waals surface area (Å²) < 4.78 is 10.4. The van der Waals surface area contributed by atoms with Gasteiger partial charge in [0.25, 0.3) is 0 Å². The van der Waals surface area contributed by atoms with E-state index in [4.69, 9.17) is 20.8 Å². The lowest BCUT2D eigenvalue weighted by molar-refractivity contribution is -0.148. The maximum absolute atomic E-state index is 12.6. The second-order valence-corrected chi connectivity index (χ2v) is 6.64. The summed E-state index contributed by atoms with van der Waals surface area (Å²) in [7, 11) is 1.46. The van der Waals surface area contributed by atoms with E-state index in [2.05, 4.69) is 0 Å². The molecule has 26 heavy (non-hydrogen) atoms. The van der Waals surface area contributed by atoms with E-state index >= 15 is 0 Å². The number of carboxylic acids is 1. The Hall–Kier alpha value is -2.54. The highest BCUT2D eigenvalue weighted by Crippen LogP contribution is 2.31. The van der Waals surface area contributed by atoms with Gasteiger partial charge in [-0.2, -0.15) is 0 Å². The SMILES string of the molecule is COc1cc2oc(=O)c(CC(=O)N3CCCC3C(=O)O)c(C)c2cc1Cl. The monoisotopic (exact) mass is 379 g/mol. The molecule has 0 saturated carbocycles. The number of nitrogens with zero attached hydrogens (tertiary/aromatic N) is 1. The van der Waals surface area contributed by atoms with Gasteiger partial charge in [-0.25, -0.2) is 9.59 Å². The average molecular weight is 380 g/mol. The van der Waals surface area contributed by atoms with Gasteiger partial charge in [0.2, 0.25) is 5.91 Å². The van der Waals surface area contributed by atoms with Crippen LogP contribution >= 0.6 is 11.6 Å². The number of carboxylic acid groups (broad SMARTS) is 1. The maximum Gasteiger partial charge on any atom is 0.340 e. The van der Waals surface area contributed by atoms with Crippen LogP contribution in [-0.4, -0.2) is 41.6 Å². The molecule has 1 N–H and O–H groups in total. The van der Waals surface area contributed by atoms with Gasteiger partial charge < -0.3 is 19.2 Å². The number of carbonyl (C=O) groups is 2. The Morgan fingerprint density at radius 1 is 1.42 bits per heavy atom. The van der Waals surface area contributed by atoms with E-state index in [-0.39, 0.29) is 12.0 Å². The summed E-state index contributed by atoms with van der Waals surface area (Å²) in [5.74, 6) is -1.05. The van der Waals surface area contributed by atoms with E-state index < -0.39 is 23.5 Å². The summed E-state index contributed by atoms with van der Waals surface area (Å²) in [4.78, 5) is 37.5. The van der Waals surface area contributed by atoms with E-state index in [9.17, 15) is 19.5 Å². The highest BCUT2D eigenvalue weighted by molar-refractivity contribution is 6.32. The van der Waals surface area contributed by atoms with Gasteiger partial charge in [-0.3, -0.25) is 4.79 Å². The Labute approximate surface area is 154 Å². The molecule has 0 bridgehead atoms. The Bertz CT molecular complexity index is 951. The number of amides is 1. The lowest BCUT2D eigenvalue weighted by Crippen LogP contribution is -2.41. The molecule has 2 aromatic rings. The number of fused-ring (bicyclic) bond motifs is 1. The minimum absolute atomic E-state index is 0.208. The molecule has 1 aromatic heterocycles. The van der Waals surface area contributed by atoms with Crippen LogP contribution in [-0.2, 0) is 16.0 Å². The number of aliphatic carboxylic acids is 1. The van der Waals surface area contributed by atoms with Crippen LogP contribution in [0.2, 0.25) is 5.02 Å². The number of hydrogen-bond acceptors (Lipinski definition) is 5. The summed E-state index contributed by atoms with van der Waals surface area (Å²) in [5.41, 5.74) is 0.480. The second-order valence-electron chi connectivity index (χ2n) is 6.24. The van der Waals surface area contributed by atoms with Gasteiger partial charge >= 0.3 is 11.6 Å². The van der Waals surface area contributed by atoms with Crippen LogP contribution in [0.15, 0.2) is 21.3 Å². The zero-order valence-corrected chi connectivity index (χ0v) is 15.1. The molecule has 3 rings (SSSR count). The molecular formula is C18H18ClNO6. The van der Waals surface area contributed by atoms with Crippen LogP contribution in [0, 0.1) is 6.92 Å². The first-order valence-corrected chi connectivity index (χ1v) is 8.53. The van der Waals surface area contributed by atoms with Crippen molar-refractivity contribution in [1.29, 1.82) is 0 Å². The van der Waals surface area contributed by atoms with Crippen LogP contribution in [0.1, 0.15) is 24.0 Å². The number of rotatable bonds is 4. The van der Waals surface area contributed by atoms with E-state index in [0.29, 0.717) is 46.7 Å². The van der Waals surface area contributed by atoms with Crippen LogP contribution < -0.4 is 10.4 Å². The zero-order chi connectivity index (χ0) is 19.0. The van der Waals surface area contributed by atoms with Crippen LogP contribution in [0.3, 0.4) is 0 Å². The zero-order valence-electron chi connectivity index (χ0n) is 14.4. The lowest BCUT2D eigenvalue weighted by atomic mass is 10.0. The Morgan fingerprint density at radius 3 is 2.81 bits per heavy atom. The first kappa shape index (κ1) is 18.3. The summed E-state index contributed by atoms with van der Waals surface area (Å²) in [6.07, 6.45) is 0.836. The summed E-state index contributed by atoms with van der Waals surface area (Å²) in [5, 5.41) is 10.2. The van der Waals surface area contributed by atoms with Gasteiger partial charge in [0.05, 0.1) is 24.1 Å². The van der Waals surface area contributed by atoms with Gasteiger partial charge in [-0.05, 0) is 31.4 Å². The molecule has 1 saturated heterocycles. The summed E-state index contributed by atoms with van der Waals surface area (Å²) in [6.45, 7) is 2.08. The molecule has 0 spiro atoms. The number of ether oxygens (including phenoxy) is 1. The standard InChI is InChI=1S/C18H18ClNO6/c1-9-10-6-12(19)15(25-2)8-14(10)26-18(24)11(9)7-16(21)20-5-3-4-13(20)17(22)23/h6,8,13H,3-5,7H2,1-2H3,(H,22,23). The molecule has 1 atom stereocenters. The molecule has 8 heteroatoms. The Balaban J connectivity index is 1.99. The third-order valence-corrected chi connectivity index (χ3v) is 5.04. The van der Waals surface area contributed by atoms with E-state index in [1.54, 1.807) is 13.0 Å². The van der Waals surface area contributed by atoms with Crippen molar-refractivity contribution in [2.45, 2.75) is 32.2 Å². The van der Waals surface area contributed by atoms with Crippen molar-refractivity contribution in [3.8, 4) is 5.75 Å². The van der Waals surface area contributed by atoms with Gasteiger partial charge in [-0.1, -0.05) is 11.6 Å². The summed E-state index contributed by atoms with van der Waals surface area (Å²) in [6, 6.07) is 2.31. The molecular weight excluding hydrogens is 362 g/mol. The van der Waals surface area contributed by atoms with Gasteiger partial charge in [0.15, 0.2) is 0 Å². The predicted molar refractivity (Wildman–Crippen MR) is 94.9 cm³/mol. The molecule has 1 aliphatic heterocycles. The van der Waals surface area contributed by atoms with Crippen molar-refractivity contribution in [3.05, 3.63) is 38.7 Å². The highest BCUT2D eigenvalue weighted by atomic mass is 35.5. The van der Waals surface area contributed by atoms with Crippen molar-refractivity contribution >= 4 is 34.4 Å². The molecule has 1 fully saturated rings. The molecule has 0 aliphatic carbocycles. The Morgan fingerprint density at radius 2 is 2.15 bits per heavy atom. The number of likely N-dealkylation sites (tertiary alicyclic amines) is 1. The first-order valence-electron chi connectivity index (χ1n) is 8.15. The van der Waals surface area contributed by atoms with Crippen molar-refractivity contribution in [1.82, 2.24) is 4.90 Å². The lowest BCUT2D eigenvalue weighted by Gasteiger charge is -2.21. The predicted octanol–water partition coefficient (Wildman–Crippen LogP) is 2.38. The van der Waals surface area contributed by atoms with Crippen molar-refractivity contribution in [3.63, 3.8) is 0 Å². The van der Waals surface area contributed by atoms with Crippen molar-refractivity contribution < 1.29 is 23.8 Å². The third-order valence-electron chi connectivity index (χ3n) is 4.75. The fraction of sp³-hybridized carbons (Fsp3) is 0.389. The smallest absolute Gasteiger partial charge is 0.340 e. The van der Waals surface area contributed by atoms with E-state index in [0.717, 1.165) is 0 Å². The number of benzene rings is 1. The molecule has 1 aliphatic rings. The molecule has 1 aromatic carbocycles. The highest BCUT2D eigenvalue weighted by Gasteiger charge is 2.34. The van der Waals surface area contributed by atoms with Crippen LogP contribution in [0.25, 0.3) is 11.0 Å². The largest absolute Gasteiger partial charge is 0.495 e. The number of halogens is 1. The van der Waals surface area contributed by atoms with Gasteiger partial charge in [0, 0.05) is 18.0 Å². The molecule has 2 heterocycles. The van der Waals surface area contributed by atoms with E-state index in [1.165, 1.54) is 18.1 Å². The van der Waals surface area contributed by atoms with Crippen LogP contribution in [0.4, 0.5) is 0 Å². The minimum atomic E-state index is -1.03. The Kier molecular flexibility index (Phi) is 4.91. The molecule has 7 nitrogen and oxygen atoms in total. The quantitative estimate of drug-likeness (QED) is 0.819. The van der Waals surface area contributed by atoms with Gasteiger partial charge in [-0.15, -0.1) is 0 Å². The van der Waals surface area contributed by atoms with Gasteiger partial charge in [0.1, 0.15) is 17.4 Å². The average Bonchev–Trinajstić information content (AvgIpc) is 3.09. The molecule has 138 valence electrons. The minimum Gasteiger partial charge on any atom is -0.495 e. The fourth-order valence-corrected chi connectivity index (χ4v) is 3.57. The van der Waals surface area contributed by atoms with E-state index in [1.807, 2.05) is 0 Å². The maximum atomic E-state index is 12.6. The molecule has 1 amide bonds.